The number of hydrogen-bond acceptors (Lipinski definition) is 5. The number of nitrogens with zero attached hydrogens (tertiary/aromatic N) is 3. The highest BCUT2D eigenvalue weighted by Gasteiger charge is 2.10. The van der Waals surface area contributed by atoms with Crippen LogP contribution in [0.4, 0.5) is 5.82 Å². The summed E-state index contributed by atoms with van der Waals surface area (Å²) in [5, 5.41) is 0. The number of furan rings is 1. The van der Waals surface area contributed by atoms with Crippen LogP contribution in [-0.2, 0) is 11.3 Å². The predicted molar refractivity (Wildman–Crippen MR) is 68.4 cm³/mol. The largest absolute Gasteiger partial charge is 0.467 e. The molecule has 0 aliphatic carbocycles. The molecule has 0 bridgehead atoms. The van der Waals surface area contributed by atoms with Crippen molar-refractivity contribution in [2.75, 3.05) is 25.2 Å². The summed E-state index contributed by atoms with van der Waals surface area (Å²) in [5.41, 5.74) is 0. The smallest absolute Gasteiger partial charge is 0.132 e. The highest BCUT2D eigenvalue weighted by molar-refractivity contribution is 5.37. The van der Waals surface area contributed by atoms with Crippen LogP contribution in [0.25, 0.3) is 0 Å². The molecule has 0 unspecified atom stereocenters. The molecular weight excluding hydrogens is 230 g/mol. The van der Waals surface area contributed by atoms with Crippen LogP contribution in [0.1, 0.15) is 11.6 Å². The summed E-state index contributed by atoms with van der Waals surface area (Å²) in [6.07, 6.45) is 3.44. The molecule has 96 valence electrons. The molecule has 2 rings (SSSR count). The molecule has 0 fully saturated rings. The monoisotopic (exact) mass is 247 g/mol. The zero-order chi connectivity index (χ0) is 12.8. The predicted octanol–water partition coefficient (Wildman–Crippen LogP) is 2.03. The Morgan fingerprint density at radius 2 is 2.28 bits per heavy atom. The first-order chi connectivity index (χ1) is 8.79. The summed E-state index contributed by atoms with van der Waals surface area (Å²) < 4.78 is 10.5. The second-order valence-electron chi connectivity index (χ2n) is 3.96. The molecule has 0 saturated heterocycles. The molecule has 5 nitrogen and oxygen atoms in total. The molecule has 0 amide bonds. The SMILES string of the molecule is COCCN(Cc1ccco1)c1ccnc(C)n1. The van der Waals surface area contributed by atoms with Gasteiger partial charge in [-0.05, 0) is 25.1 Å². The van der Waals surface area contributed by atoms with Crippen molar-refractivity contribution in [2.24, 2.45) is 0 Å². The van der Waals surface area contributed by atoms with E-state index in [1.54, 1.807) is 19.6 Å². The van der Waals surface area contributed by atoms with Crippen LogP contribution in [0.2, 0.25) is 0 Å². The second kappa shape index (κ2) is 6.16. The molecule has 0 spiro atoms. The lowest BCUT2D eigenvalue weighted by Gasteiger charge is -2.22. The highest BCUT2D eigenvalue weighted by atomic mass is 16.5. The van der Waals surface area contributed by atoms with Gasteiger partial charge in [-0.2, -0.15) is 0 Å². The Morgan fingerprint density at radius 1 is 1.39 bits per heavy atom. The molecule has 5 heteroatoms. The minimum atomic E-state index is 0.643. The summed E-state index contributed by atoms with van der Waals surface area (Å²) >= 11 is 0. The van der Waals surface area contributed by atoms with Crippen LogP contribution in [0.5, 0.6) is 0 Å². The van der Waals surface area contributed by atoms with Crippen molar-refractivity contribution in [1.82, 2.24) is 9.97 Å². The Kier molecular flexibility index (Phi) is 4.30. The van der Waals surface area contributed by atoms with Crippen molar-refractivity contribution >= 4 is 5.82 Å². The van der Waals surface area contributed by atoms with E-state index in [9.17, 15) is 0 Å². The highest BCUT2D eigenvalue weighted by Crippen LogP contribution is 2.14. The number of aryl methyl sites for hydroxylation is 1. The van der Waals surface area contributed by atoms with E-state index in [-0.39, 0.29) is 0 Å². The Hall–Kier alpha value is -1.88. The maximum absolute atomic E-state index is 5.37. The van der Waals surface area contributed by atoms with E-state index >= 15 is 0 Å². The van der Waals surface area contributed by atoms with Crippen molar-refractivity contribution in [1.29, 1.82) is 0 Å². The molecule has 2 heterocycles. The summed E-state index contributed by atoms with van der Waals surface area (Å²) in [6.45, 7) is 3.95. The Bertz CT molecular complexity index is 471. The van der Waals surface area contributed by atoms with E-state index in [2.05, 4.69) is 14.9 Å². The fraction of sp³-hybridized carbons (Fsp3) is 0.385. The molecule has 2 aromatic heterocycles. The van der Waals surface area contributed by atoms with Crippen LogP contribution in [-0.4, -0.2) is 30.2 Å². The van der Waals surface area contributed by atoms with Gasteiger partial charge in [0.05, 0.1) is 19.4 Å². The van der Waals surface area contributed by atoms with Crippen LogP contribution < -0.4 is 4.90 Å². The van der Waals surface area contributed by atoms with Crippen molar-refractivity contribution in [3.63, 3.8) is 0 Å². The lowest BCUT2D eigenvalue weighted by Crippen LogP contribution is -2.27. The molecular formula is C13H17N3O2. The van der Waals surface area contributed by atoms with Gasteiger partial charge >= 0.3 is 0 Å². The van der Waals surface area contributed by atoms with Gasteiger partial charge in [-0.25, -0.2) is 9.97 Å². The fourth-order valence-corrected chi connectivity index (χ4v) is 1.69. The molecule has 0 aromatic carbocycles. The van der Waals surface area contributed by atoms with Crippen molar-refractivity contribution in [3.8, 4) is 0 Å². The number of methoxy groups -OCH3 is 1. The summed E-state index contributed by atoms with van der Waals surface area (Å²) in [4.78, 5) is 10.6. The second-order valence-corrected chi connectivity index (χ2v) is 3.96. The van der Waals surface area contributed by atoms with Gasteiger partial charge in [0.1, 0.15) is 17.4 Å². The number of rotatable bonds is 6. The van der Waals surface area contributed by atoms with E-state index in [4.69, 9.17) is 9.15 Å². The minimum Gasteiger partial charge on any atom is -0.467 e. The average Bonchev–Trinajstić information content (AvgIpc) is 2.87. The van der Waals surface area contributed by atoms with E-state index in [1.165, 1.54) is 0 Å². The summed E-state index contributed by atoms with van der Waals surface area (Å²) in [6, 6.07) is 5.73. The molecule has 0 saturated carbocycles. The molecule has 0 aliphatic heterocycles. The first-order valence-electron chi connectivity index (χ1n) is 5.85. The molecule has 0 radical (unpaired) electrons. The van der Waals surface area contributed by atoms with E-state index in [0.717, 1.165) is 23.9 Å². The van der Waals surface area contributed by atoms with Crippen LogP contribution >= 0.6 is 0 Å². The van der Waals surface area contributed by atoms with Gasteiger partial charge < -0.3 is 14.1 Å². The number of anilines is 1. The Morgan fingerprint density at radius 3 is 2.94 bits per heavy atom. The first-order valence-corrected chi connectivity index (χ1v) is 5.85. The zero-order valence-corrected chi connectivity index (χ0v) is 10.7. The standard InChI is InChI=1S/C13H17N3O2/c1-11-14-6-5-13(15-11)16(7-9-17-2)10-12-4-3-8-18-12/h3-6,8H,7,9-10H2,1-2H3. The summed E-state index contributed by atoms with van der Waals surface area (Å²) in [7, 11) is 1.69. The fourth-order valence-electron chi connectivity index (χ4n) is 1.69. The number of aromatic nitrogens is 2. The van der Waals surface area contributed by atoms with Crippen molar-refractivity contribution in [2.45, 2.75) is 13.5 Å². The third kappa shape index (κ3) is 3.30. The van der Waals surface area contributed by atoms with E-state index in [1.807, 2.05) is 25.1 Å². The van der Waals surface area contributed by atoms with Crippen molar-refractivity contribution in [3.05, 3.63) is 42.2 Å². The van der Waals surface area contributed by atoms with E-state index < -0.39 is 0 Å². The lowest BCUT2D eigenvalue weighted by atomic mass is 10.3. The number of hydrogen-bond donors (Lipinski definition) is 0. The first kappa shape index (κ1) is 12.6. The molecule has 0 aliphatic rings. The quantitative estimate of drug-likeness (QED) is 0.781. The molecule has 0 atom stereocenters. The van der Waals surface area contributed by atoms with Gasteiger partial charge in [-0.1, -0.05) is 0 Å². The van der Waals surface area contributed by atoms with Gasteiger partial charge in [0.2, 0.25) is 0 Å². The molecule has 2 aromatic rings. The van der Waals surface area contributed by atoms with Gasteiger partial charge in [0, 0.05) is 19.9 Å². The van der Waals surface area contributed by atoms with Crippen LogP contribution in [0, 0.1) is 6.92 Å². The van der Waals surface area contributed by atoms with E-state index in [0.29, 0.717) is 13.2 Å². The maximum Gasteiger partial charge on any atom is 0.132 e. The average molecular weight is 247 g/mol. The Labute approximate surface area is 106 Å². The molecule has 18 heavy (non-hydrogen) atoms. The topological polar surface area (TPSA) is 51.4 Å². The maximum atomic E-state index is 5.37. The third-order valence-electron chi connectivity index (χ3n) is 2.58. The normalized spacial score (nSPS) is 10.6. The summed E-state index contributed by atoms with van der Waals surface area (Å²) in [5.74, 6) is 2.55. The van der Waals surface area contributed by atoms with Gasteiger partial charge in [-0.15, -0.1) is 0 Å². The van der Waals surface area contributed by atoms with Crippen LogP contribution in [0.15, 0.2) is 35.1 Å². The third-order valence-corrected chi connectivity index (χ3v) is 2.58. The molecule has 0 N–H and O–H groups in total. The van der Waals surface area contributed by atoms with Crippen LogP contribution in [0.3, 0.4) is 0 Å². The Balaban J connectivity index is 2.13. The zero-order valence-electron chi connectivity index (χ0n) is 10.7. The number of ether oxygens (including phenoxy) is 1. The van der Waals surface area contributed by atoms with Crippen molar-refractivity contribution < 1.29 is 9.15 Å². The van der Waals surface area contributed by atoms with Gasteiger partial charge in [0.25, 0.3) is 0 Å². The van der Waals surface area contributed by atoms with Gasteiger partial charge in [-0.3, -0.25) is 0 Å². The van der Waals surface area contributed by atoms with Gasteiger partial charge in [0.15, 0.2) is 0 Å². The lowest BCUT2D eigenvalue weighted by molar-refractivity contribution is 0.204. The minimum absolute atomic E-state index is 0.643.